The van der Waals surface area contributed by atoms with E-state index in [2.05, 4.69) is 12.1 Å². The summed E-state index contributed by atoms with van der Waals surface area (Å²) >= 11 is 1.19. The highest BCUT2D eigenvalue weighted by molar-refractivity contribution is 7.07. The van der Waals surface area contributed by atoms with Gasteiger partial charge in [-0.15, -0.1) is 11.3 Å². The lowest BCUT2D eigenvalue weighted by Gasteiger charge is -2.22. The molecule has 0 amide bonds. The number of hydrogen-bond acceptors (Lipinski definition) is 7. The molecule has 170 valence electrons. The van der Waals surface area contributed by atoms with Crippen molar-refractivity contribution in [1.29, 1.82) is 10.5 Å². The fourth-order valence-electron chi connectivity index (χ4n) is 3.89. The van der Waals surface area contributed by atoms with Crippen molar-refractivity contribution in [2.24, 2.45) is 5.73 Å². The number of thiazole rings is 1. The van der Waals surface area contributed by atoms with E-state index in [4.69, 9.17) is 15.2 Å². The van der Waals surface area contributed by atoms with Crippen LogP contribution in [0, 0.1) is 22.7 Å². The molecule has 1 atom stereocenters. The summed E-state index contributed by atoms with van der Waals surface area (Å²) < 4.78 is 13.1. The molecule has 8 heteroatoms. The van der Waals surface area contributed by atoms with Crippen LogP contribution < -0.4 is 30.0 Å². The number of nitriles is 2. The topological polar surface area (TPSA) is 114 Å². The second-order valence-electron chi connectivity index (χ2n) is 7.43. The van der Waals surface area contributed by atoms with Gasteiger partial charge in [-0.25, -0.2) is 0 Å². The van der Waals surface area contributed by atoms with Gasteiger partial charge in [0.1, 0.15) is 22.0 Å². The Hall–Kier alpha value is -4.27. The molecule has 0 saturated carbocycles. The predicted molar refractivity (Wildman–Crippen MR) is 131 cm³/mol. The summed E-state index contributed by atoms with van der Waals surface area (Å²) in [5.41, 5.74) is 7.98. The molecule has 1 unspecified atom stereocenters. The third-order valence-electron chi connectivity index (χ3n) is 5.40. The molecule has 34 heavy (non-hydrogen) atoms. The molecule has 0 fully saturated rings. The Morgan fingerprint density at radius 3 is 2.06 bits per heavy atom. The van der Waals surface area contributed by atoms with Crippen LogP contribution in [-0.4, -0.2) is 17.8 Å². The van der Waals surface area contributed by atoms with Gasteiger partial charge in [-0.05, 0) is 55.3 Å². The van der Waals surface area contributed by atoms with Crippen LogP contribution in [0.3, 0.4) is 0 Å². The maximum atomic E-state index is 13.2. The number of fused-ring (bicyclic) bond motifs is 1. The molecule has 3 aromatic rings. The monoisotopic (exact) mass is 470 g/mol. The molecule has 2 N–H and O–H groups in total. The van der Waals surface area contributed by atoms with E-state index < -0.39 is 5.92 Å². The summed E-state index contributed by atoms with van der Waals surface area (Å²) in [5.74, 6) is 0.812. The van der Waals surface area contributed by atoms with Crippen molar-refractivity contribution in [2.45, 2.75) is 19.8 Å². The molecule has 2 heterocycles. The molecule has 7 nitrogen and oxygen atoms in total. The first-order chi connectivity index (χ1) is 16.5. The van der Waals surface area contributed by atoms with E-state index in [0.717, 1.165) is 16.9 Å². The van der Waals surface area contributed by atoms with E-state index in [1.807, 2.05) is 50.2 Å². The lowest BCUT2D eigenvalue weighted by Crippen LogP contribution is -2.38. The fraction of sp³-hybridized carbons (Fsp3) is 0.192. The van der Waals surface area contributed by atoms with Crippen molar-refractivity contribution in [3.8, 4) is 23.6 Å². The Morgan fingerprint density at radius 1 is 0.971 bits per heavy atom. The zero-order chi connectivity index (χ0) is 24.2. The molecule has 0 saturated heterocycles. The number of ether oxygens (including phenoxy) is 2. The van der Waals surface area contributed by atoms with Crippen molar-refractivity contribution in [1.82, 2.24) is 4.57 Å². The van der Waals surface area contributed by atoms with Gasteiger partial charge in [0, 0.05) is 0 Å². The van der Waals surface area contributed by atoms with Crippen molar-refractivity contribution in [3.63, 3.8) is 0 Å². The van der Waals surface area contributed by atoms with Crippen molar-refractivity contribution in [3.05, 3.63) is 84.8 Å². The van der Waals surface area contributed by atoms with Gasteiger partial charge in [0.05, 0.1) is 46.9 Å². The SMILES string of the molecule is CCOc1ccc(/C=c2/sc3n(c2=O)C(N)=C(C#N)C(c2ccc(OCC)cc2)C=3C#N)cc1. The Kier molecular flexibility index (Phi) is 6.53. The highest BCUT2D eigenvalue weighted by Gasteiger charge is 2.32. The van der Waals surface area contributed by atoms with Crippen LogP contribution in [0.15, 0.2) is 58.9 Å². The third kappa shape index (κ3) is 4.07. The molecule has 1 aliphatic heterocycles. The standard InChI is InChI=1S/C26H22N4O3S/c1-3-32-18-9-5-16(6-10-18)13-22-25(31)30-24(29)20(14-27)23(21(15-28)26(30)34-22)17-7-11-19(12-8-17)33-4-2/h5-13,23H,3-4,29H2,1-2H3/b22-13+. The minimum atomic E-state index is -0.665. The first-order valence-electron chi connectivity index (χ1n) is 10.8. The minimum absolute atomic E-state index is 0.0444. The van der Waals surface area contributed by atoms with Crippen molar-refractivity contribution < 1.29 is 9.47 Å². The average molecular weight is 471 g/mol. The number of benzene rings is 2. The highest BCUT2D eigenvalue weighted by atomic mass is 32.1. The molecule has 2 aromatic carbocycles. The summed E-state index contributed by atoms with van der Waals surface area (Å²) in [5, 5.41) is 20.0. The maximum Gasteiger partial charge on any atom is 0.274 e. The normalized spacial score (nSPS) is 15.5. The van der Waals surface area contributed by atoms with Crippen molar-refractivity contribution >= 4 is 28.8 Å². The van der Waals surface area contributed by atoms with E-state index in [1.165, 1.54) is 15.9 Å². The Labute approximate surface area is 200 Å². The fourth-order valence-corrected chi connectivity index (χ4v) is 5.01. The summed E-state index contributed by atoms with van der Waals surface area (Å²) in [6.45, 7) is 4.90. The Balaban J connectivity index is 1.90. The van der Waals surface area contributed by atoms with Crippen LogP contribution in [0.2, 0.25) is 0 Å². The zero-order valence-corrected chi connectivity index (χ0v) is 19.6. The summed E-state index contributed by atoms with van der Waals surface area (Å²) in [6, 6.07) is 18.9. The quantitative estimate of drug-likeness (QED) is 0.592. The van der Waals surface area contributed by atoms with Crippen LogP contribution >= 0.6 is 11.3 Å². The summed E-state index contributed by atoms with van der Waals surface area (Å²) in [4.78, 5) is 13.2. The number of nitrogens with zero attached hydrogens (tertiary/aromatic N) is 3. The summed E-state index contributed by atoms with van der Waals surface area (Å²) in [6.07, 6.45) is 1.74. The van der Waals surface area contributed by atoms with E-state index in [1.54, 1.807) is 18.2 Å². The molecular formula is C26H22N4O3S. The number of hydrogen-bond donors (Lipinski definition) is 1. The van der Waals surface area contributed by atoms with Gasteiger partial charge in [0.15, 0.2) is 0 Å². The lowest BCUT2D eigenvalue weighted by molar-refractivity contribution is 0.340. The van der Waals surface area contributed by atoms with Gasteiger partial charge < -0.3 is 15.2 Å². The first kappa shape index (κ1) is 22.9. The molecule has 0 spiro atoms. The molecule has 0 bridgehead atoms. The second-order valence-corrected chi connectivity index (χ2v) is 8.46. The molecule has 1 aliphatic rings. The average Bonchev–Trinajstić information content (AvgIpc) is 3.17. The van der Waals surface area contributed by atoms with Gasteiger partial charge in [0.2, 0.25) is 0 Å². The van der Waals surface area contributed by atoms with E-state index in [9.17, 15) is 15.3 Å². The Morgan fingerprint density at radius 2 is 1.53 bits per heavy atom. The first-order valence-corrected chi connectivity index (χ1v) is 11.6. The van der Waals surface area contributed by atoms with Gasteiger partial charge in [-0.2, -0.15) is 10.5 Å². The van der Waals surface area contributed by atoms with E-state index in [-0.39, 0.29) is 17.0 Å². The zero-order valence-electron chi connectivity index (χ0n) is 18.7. The summed E-state index contributed by atoms with van der Waals surface area (Å²) in [7, 11) is 0. The number of allylic oxidation sites excluding steroid dienone is 1. The van der Waals surface area contributed by atoms with Crippen molar-refractivity contribution in [2.75, 3.05) is 13.2 Å². The Bertz CT molecular complexity index is 1520. The predicted octanol–water partition coefficient (Wildman–Crippen LogP) is 2.66. The number of rotatable bonds is 6. The number of aromatic nitrogens is 1. The number of nitrogens with two attached hydrogens (primary N) is 1. The molecule has 1 aromatic heterocycles. The van der Waals surface area contributed by atoms with Crippen LogP contribution in [0.4, 0.5) is 0 Å². The molecule has 4 rings (SSSR count). The van der Waals surface area contributed by atoms with Gasteiger partial charge in [-0.1, -0.05) is 24.3 Å². The van der Waals surface area contributed by atoms with Gasteiger partial charge in [0.25, 0.3) is 5.56 Å². The minimum Gasteiger partial charge on any atom is -0.494 e. The van der Waals surface area contributed by atoms with Crippen LogP contribution in [0.25, 0.3) is 17.5 Å². The third-order valence-corrected chi connectivity index (χ3v) is 6.51. The van der Waals surface area contributed by atoms with Crippen LogP contribution in [0.5, 0.6) is 11.5 Å². The van der Waals surface area contributed by atoms with Gasteiger partial charge in [-0.3, -0.25) is 9.36 Å². The van der Waals surface area contributed by atoms with Crippen LogP contribution in [0.1, 0.15) is 30.9 Å². The largest absolute Gasteiger partial charge is 0.494 e. The van der Waals surface area contributed by atoms with Gasteiger partial charge >= 0.3 is 0 Å². The van der Waals surface area contributed by atoms with E-state index >= 15 is 0 Å². The molecule has 0 aliphatic carbocycles. The highest BCUT2D eigenvalue weighted by Crippen LogP contribution is 2.36. The smallest absolute Gasteiger partial charge is 0.274 e. The van der Waals surface area contributed by atoms with Crippen LogP contribution in [-0.2, 0) is 0 Å². The lowest BCUT2D eigenvalue weighted by atomic mass is 9.84. The molecule has 0 radical (unpaired) electrons. The maximum absolute atomic E-state index is 13.2. The molecular weight excluding hydrogens is 448 g/mol. The second kappa shape index (κ2) is 9.70. The van der Waals surface area contributed by atoms with E-state index in [0.29, 0.717) is 33.7 Å².